The lowest BCUT2D eigenvalue weighted by molar-refractivity contribution is -0.0244. The molecular weight excluding hydrogens is 305 g/mol. The van der Waals surface area contributed by atoms with Crippen molar-refractivity contribution < 1.29 is 5.11 Å². The van der Waals surface area contributed by atoms with Crippen LogP contribution in [0.2, 0.25) is 10.0 Å². The lowest BCUT2D eigenvalue weighted by atomic mass is 9.84. The van der Waals surface area contributed by atoms with Crippen molar-refractivity contribution in [2.75, 3.05) is 13.1 Å². The van der Waals surface area contributed by atoms with Crippen LogP contribution in [0.1, 0.15) is 45.1 Å². The molecule has 118 valence electrons. The summed E-state index contributed by atoms with van der Waals surface area (Å²) in [6.07, 6.45) is 4.67. The summed E-state index contributed by atoms with van der Waals surface area (Å²) in [5.74, 6) is 0. The molecular formula is C17H25Cl2NO. The maximum atomic E-state index is 11.0. The maximum Gasteiger partial charge on any atom is 0.0764 e. The summed E-state index contributed by atoms with van der Waals surface area (Å²) in [4.78, 5) is 2.42. The van der Waals surface area contributed by atoms with Gasteiger partial charge in [-0.05, 0) is 49.7 Å². The summed E-state index contributed by atoms with van der Waals surface area (Å²) < 4.78 is 0. The number of benzene rings is 1. The van der Waals surface area contributed by atoms with E-state index in [1.807, 2.05) is 12.1 Å². The highest BCUT2D eigenvalue weighted by Crippen LogP contribution is 2.39. The third kappa shape index (κ3) is 3.56. The van der Waals surface area contributed by atoms with E-state index < -0.39 is 6.10 Å². The highest BCUT2D eigenvalue weighted by Gasteiger charge is 2.44. The highest BCUT2D eigenvalue weighted by molar-refractivity contribution is 6.33. The van der Waals surface area contributed by atoms with Gasteiger partial charge >= 0.3 is 0 Å². The van der Waals surface area contributed by atoms with Crippen LogP contribution in [-0.4, -0.2) is 34.7 Å². The molecule has 0 spiro atoms. The van der Waals surface area contributed by atoms with Crippen molar-refractivity contribution in [3.8, 4) is 0 Å². The van der Waals surface area contributed by atoms with E-state index in [0.717, 1.165) is 31.5 Å². The maximum absolute atomic E-state index is 11.0. The van der Waals surface area contributed by atoms with Crippen LogP contribution in [-0.2, 0) is 6.42 Å². The Labute approximate surface area is 138 Å². The lowest BCUT2D eigenvalue weighted by Gasteiger charge is -2.44. The predicted molar refractivity (Wildman–Crippen MR) is 90.3 cm³/mol. The Morgan fingerprint density at radius 3 is 2.38 bits per heavy atom. The number of hydrogen-bond acceptors (Lipinski definition) is 2. The molecule has 1 aliphatic rings. The SMILES string of the molecule is CCN(CC)C1(C(O)Cc2cc(Cl)ccc2Cl)CCCC1. The molecule has 1 unspecified atom stereocenters. The van der Waals surface area contributed by atoms with Gasteiger partial charge in [0, 0.05) is 22.0 Å². The van der Waals surface area contributed by atoms with Crippen molar-refractivity contribution in [3.05, 3.63) is 33.8 Å². The number of nitrogens with zero attached hydrogens (tertiary/aromatic N) is 1. The number of aliphatic hydroxyl groups is 1. The molecule has 1 saturated carbocycles. The molecule has 0 saturated heterocycles. The molecule has 1 N–H and O–H groups in total. The van der Waals surface area contributed by atoms with Gasteiger partial charge in [0.1, 0.15) is 0 Å². The standard InChI is InChI=1S/C17H25Cl2NO/c1-3-20(4-2)17(9-5-6-10-17)16(21)12-13-11-14(18)7-8-15(13)19/h7-8,11,16,21H,3-6,9-10,12H2,1-2H3. The lowest BCUT2D eigenvalue weighted by Crippen LogP contribution is -2.55. The Hall–Kier alpha value is -0.280. The Morgan fingerprint density at radius 1 is 1.19 bits per heavy atom. The van der Waals surface area contributed by atoms with Crippen molar-refractivity contribution in [1.82, 2.24) is 4.90 Å². The molecule has 1 aliphatic carbocycles. The van der Waals surface area contributed by atoms with Crippen LogP contribution >= 0.6 is 23.2 Å². The topological polar surface area (TPSA) is 23.5 Å². The van der Waals surface area contributed by atoms with E-state index in [1.54, 1.807) is 6.07 Å². The Kier molecular flexibility index (Phi) is 5.96. The smallest absolute Gasteiger partial charge is 0.0764 e. The summed E-state index contributed by atoms with van der Waals surface area (Å²) in [5.41, 5.74) is 0.838. The van der Waals surface area contributed by atoms with Crippen LogP contribution in [0.25, 0.3) is 0 Å². The molecule has 1 aromatic carbocycles. The zero-order valence-electron chi connectivity index (χ0n) is 12.9. The van der Waals surface area contributed by atoms with E-state index in [1.165, 1.54) is 12.8 Å². The second-order valence-electron chi connectivity index (χ2n) is 5.94. The zero-order valence-corrected chi connectivity index (χ0v) is 14.4. The quantitative estimate of drug-likeness (QED) is 0.827. The van der Waals surface area contributed by atoms with Gasteiger partial charge in [-0.1, -0.05) is 49.9 Å². The van der Waals surface area contributed by atoms with Gasteiger partial charge < -0.3 is 5.11 Å². The van der Waals surface area contributed by atoms with Gasteiger partial charge in [-0.25, -0.2) is 0 Å². The fourth-order valence-electron chi connectivity index (χ4n) is 3.80. The van der Waals surface area contributed by atoms with Crippen molar-refractivity contribution >= 4 is 23.2 Å². The third-order valence-electron chi connectivity index (χ3n) is 4.90. The zero-order chi connectivity index (χ0) is 15.5. The number of halogens is 2. The van der Waals surface area contributed by atoms with Gasteiger partial charge in [0.15, 0.2) is 0 Å². The van der Waals surface area contributed by atoms with Gasteiger partial charge in [-0.3, -0.25) is 4.90 Å². The van der Waals surface area contributed by atoms with Gasteiger partial charge in [0.2, 0.25) is 0 Å². The largest absolute Gasteiger partial charge is 0.391 e. The van der Waals surface area contributed by atoms with Crippen molar-refractivity contribution in [3.63, 3.8) is 0 Å². The molecule has 2 rings (SSSR count). The molecule has 0 aliphatic heterocycles. The van der Waals surface area contributed by atoms with Crippen LogP contribution < -0.4 is 0 Å². The molecule has 4 heteroatoms. The number of aliphatic hydroxyl groups excluding tert-OH is 1. The number of hydrogen-bond donors (Lipinski definition) is 1. The minimum absolute atomic E-state index is 0.102. The van der Waals surface area contributed by atoms with E-state index in [9.17, 15) is 5.11 Å². The first-order valence-corrected chi connectivity index (χ1v) is 8.66. The first-order valence-electron chi connectivity index (χ1n) is 7.90. The van der Waals surface area contributed by atoms with Crippen LogP contribution in [0.5, 0.6) is 0 Å². The molecule has 1 fully saturated rings. The van der Waals surface area contributed by atoms with Crippen molar-refractivity contribution in [1.29, 1.82) is 0 Å². The Balaban J connectivity index is 2.23. The monoisotopic (exact) mass is 329 g/mol. The second kappa shape index (κ2) is 7.32. The second-order valence-corrected chi connectivity index (χ2v) is 6.78. The van der Waals surface area contributed by atoms with E-state index in [2.05, 4.69) is 18.7 Å². The average molecular weight is 330 g/mol. The Bertz CT molecular complexity index is 468. The van der Waals surface area contributed by atoms with Crippen LogP contribution in [0.4, 0.5) is 0 Å². The highest BCUT2D eigenvalue weighted by atomic mass is 35.5. The fourth-order valence-corrected chi connectivity index (χ4v) is 4.19. The summed E-state index contributed by atoms with van der Waals surface area (Å²) in [6.45, 7) is 6.28. The fraction of sp³-hybridized carbons (Fsp3) is 0.647. The molecule has 1 atom stereocenters. The minimum Gasteiger partial charge on any atom is -0.391 e. The van der Waals surface area contributed by atoms with Crippen LogP contribution in [0.15, 0.2) is 18.2 Å². The van der Waals surface area contributed by atoms with Crippen molar-refractivity contribution in [2.45, 2.75) is 57.6 Å². The molecule has 2 nitrogen and oxygen atoms in total. The van der Waals surface area contributed by atoms with Crippen molar-refractivity contribution in [2.24, 2.45) is 0 Å². The molecule has 0 radical (unpaired) electrons. The number of likely N-dealkylation sites (N-methyl/N-ethyl adjacent to an activating group) is 1. The van der Waals surface area contributed by atoms with Gasteiger partial charge in [-0.2, -0.15) is 0 Å². The predicted octanol–water partition coefficient (Wildman–Crippen LogP) is 4.55. The Morgan fingerprint density at radius 2 is 1.81 bits per heavy atom. The van der Waals surface area contributed by atoms with E-state index in [0.29, 0.717) is 16.5 Å². The molecule has 0 bridgehead atoms. The normalized spacial score (nSPS) is 19.1. The van der Waals surface area contributed by atoms with Gasteiger partial charge in [0.25, 0.3) is 0 Å². The number of rotatable bonds is 6. The summed E-state index contributed by atoms with van der Waals surface area (Å²) in [7, 11) is 0. The minimum atomic E-state index is -0.407. The van der Waals surface area contributed by atoms with Gasteiger partial charge in [0.05, 0.1) is 6.10 Å². The van der Waals surface area contributed by atoms with Crippen LogP contribution in [0.3, 0.4) is 0 Å². The molecule has 0 aromatic heterocycles. The summed E-state index contributed by atoms with van der Waals surface area (Å²) in [6, 6.07) is 5.47. The molecule has 0 amide bonds. The van der Waals surface area contributed by atoms with E-state index in [4.69, 9.17) is 23.2 Å². The first kappa shape index (κ1) is 17.1. The van der Waals surface area contributed by atoms with E-state index >= 15 is 0 Å². The third-order valence-corrected chi connectivity index (χ3v) is 5.51. The van der Waals surface area contributed by atoms with Crippen LogP contribution in [0, 0.1) is 0 Å². The average Bonchev–Trinajstić information content (AvgIpc) is 2.95. The molecule has 1 aromatic rings. The molecule has 21 heavy (non-hydrogen) atoms. The molecule has 0 heterocycles. The summed E-state index contributed by atoms with van der Waals surface area (Å²) in [5, 5.41) is 12.3. The van der Waals surface area contributed by atoms with Gasteiger partial charge in [-0.15, -0.1) is 0 Å². The van der Waals surface area contributed by atoms with E-state index in [-0.39, 0.29) is 5.54 Å². The summed E-state index contributed by atoms with van der Waals surface area (Å²) >= 11 is 12.3. The first-order chi connectivity index (χ1) is 10.0.